The number of aldehydes is 1. The van der Waals surface area contributed by atoms with Gasteiger partial charge in [-0.05, 0) is 24.3 Å². The Kier molecular flexibility index (Phi) is 2.13. The minimum Gasteiger partial charge on any atom is -0.542 e. The summed E-state index contributed by atoms with van der Waals surface area (Å²) in [5, 5.41) is 10.4. The SMILES string of the molecule is O=Cc1ccc(-c2ccc(C(=O)[O-])o2)o1. The van der Waals surface area contributed by atoms with Crippen LogP contribution in [0, 0.1) is 0 Å². The third-order valence-electron chi connectivity index (χ3n) is 1.79. The smallest absolute Gasteiger partial charge is 0.185 e. The highest BCUT2D eigenvalue weighted by atomic mass is 16.4. The van der Waals surface area contributed by atoms with Gasteiger partial charge in [-0.3, -0.25) is 4.79 Å². The van der Waals surface area contributed by atoms with E-state index in [9.17, 15) is 14.7 Å². The first kappa shape index (κ1) is 9.26. The van der Waals surface area contributed by atoms with Crippen molar-refractivity contribution in [1.29, 1.82) is 0 Å². The van der Waals surface area contributed by atoms with Gasteiger partial charge in [0.15, 0.2) is 23.6 Å². The summed E-state index contributed by atoms with van der Waals surface area (Å²) in [7, 11) is 0. The maximum Gasteiger partial charge on any atom is 0.185 e. The van der Waals surface area contributed by atoms with Crippen LogP contribution in [-0.4, -0.2) is 12.3 Å². The first-order valence-electron chi connectivity index (χ1n) is 4.07. The summed E-state index contributed by atoms with van der Waals surface area (Å²) in [6.45, 7) is 0. The standard InChI is InChI=1S/C10H6O5/c11-5-6-1-2-7(14-6)8-3-4-9(15-8)10(12)13/h1-5H,(H,12,13)/p-1. The average Bonchev–Trinajstić information content (AvgIpc) is 2.86. The second-order valence-electron chi connectivity index (χ2n) is 2.77. The summed E-state index contributed by atoms with van der Waals surface area (Å²) in [6.07, 6.45) is 0.548. The Balaban J connectivity index is 2.36. The van der Waals surface area contributed by atoms with Crippen molar-refractivity contribution in [2.45, 2.75) is 0 Å². The van der Waals surface area contributed by atoms with E-state index in [0.717, 1.165) is 0 Å². The highest BCUT2D eigenvalue weighted by molar-refractivity contribution is 5.83. The maximum absolute atomic E-state index is 10.4. The Bertz CT molecular complexity index is 505. The first-order valence-corrected chi connectivity index (χ1v) is 4.07. The molecule has 5 heteroatoms. The fraction of sp³-hybridized carbons (Fsp3) is 0. The topological polar surface area (TPSA) is 83.5 Å². The van der Waals surface area contributed by atoms with Gasteiger partial charge in [-0.2, -0.15) is 0 Å². The minimum absolute atomic E-state index is 0.149. The van der Waals surface area contributed by atoms with Crippen LogP contribution in [0.15, 0.2) is 33.1 Å². The number of carboxylic acid groups (broad SMARTS) is 1. The molecule has 0 amide bonds. The van der Waals surface area contributed by atoms with Crippen molar-refractivity contribution in [3.05, 3.63) is 35.8 Å². The van der Waals surface area contributed by atoms with Crippen LogP contribution >= 0.6 is 0 Å². The summed E-state index contributed by atoms with van der Waals surface area (Å²) in [6, 6.07) is 5.66. The number of carboxylic acids is 1. The van der Waals surface area contributed by atoms with Crippen molar-refractivity contribution in [3.63, 3.8) is 0 Å². The van der Waals surface area contributed by atoms with Crippen LogP contribution in [0.25, 0.3) is 11.5 Å². The van der Waals surface area contributed by atoms with Gasteiger partial charge in [0.05, 0.1) is 0 Å². The van der Waals surface area contributed by atoms with Gasteiger partial charge in [0.25, 0.3) is 0 Å². The molecule has 0 aliphatic heterocycles. The molecule has 2 heterocycles. The molecular weight excluding hydrogens is 200 g/mol. The predicted molar refractivity (Wildman–Crippen MR) is 46.1 cm³/mol. The van der Waals surface area contributed by atoms with Crippen molar-refractivity contribution in [1.82, 2.24) is 0 Å². The Labute approximate surface area is 83.9 Å². The van der Waals surface area contributed by atoms with Crippen LogP contribution in [0.4, 0.5) is 0 Å². The lowest BCUT2D eigenvalue weighted by atomic mass is 10.3. The molecule has 2 aromatic heterocycles. The molecule has 2 rings (SSSR count). The number of furan rings is 2. The van der Waals surface area contributed by atoms with E-state index in [0.29, 0.717) is 12.0 Å². The lowest BCUT2D eigenvalue weighted by molar-refractivity contribution is -0.257. The molecule has 0 fully saturated rings. The lowest BCUT2D eigenvalue weighted by Crippen LogP contribution is -2.21. The maximum atomic E-state index is 10.4. The van der Waals surface area contributed by atoms with Crippen molar-refractivity contribution in [2.75, 3.05) is 0 Å². The molecular formula is C10H5O5-. The highest BCUT2D eigenvalue weighted by Crippen LogP contribution is 2.23. The van der Waals surface area contributed by atoms with Gasteiger partial charge < -0.3 is 18.7 Å². The van der Waals surface area contributed by atoms with E-state index in [4.69, 9.17) is 8.83 Å². The molecule has 2 aromatic rings. The Morgan fingerprint density at radius 1 is 1.13 bits per heavy atom. The summed E-state index contributed by atoms with van der Waals surface area (Å²) >= 11 is 0. The molecule has 0 radical (unpaired) electrons. The van der Waals surface area contributed by atoms with Crippen molar-refractivity contribution >= 4 is 12.3 Å². The zero-order valence-electron chi connectivity index (χ0n) is 7.43. The molecule has 0 atom stereocenters. The normalized spacial score (nSPS) is 10.1. The monoisotopic (exact) mass is 205 g/mol. The van der Waals surface area contributed by atoms with Gasteiger partial charge in [-0.15, -0.1) is 0 Å². The quantitative estimate of drug-likeness (QED) is 0.689. The van der Waals surface area contributed by atoms with Crippen LogP contribution in [0.5, 0.6) is 0 Å². The summed E-state index contributed by atoms with van der Waals surface area (Å²) in [5.41, 5.74) is 0. The average molecular weight is 205 g/mol. The van der Waals surface area contributed by atoms with Crippen molar-refractivity contribution < 1.29 is 23.5 Å². The van der Waals surface area contributed by atoms with Crippen LogP contribution < -0.4 is 5.11 Å². The third kappa shape index (κ3) is 1.67. The zero-order valence-corrected chi connectivity index (χ0v) is 7.43. The number of aromatic carboxylic acids is 1. The largest absolute Gasteiger partial charge is 0.542 e. The van der Waals surface area contributed by atoms with Crippen molar-refractivity contribution in [2.24, 2.45) is 0 Å². The molecule has 0 bridgehead atoms. The van der Waals surface area contributed by atoms with Crippen LogP contribution in [0.3, 0.4) is 0 Å². The van der Waals surface area contributed by atoms with Crippen molar-refractivity contribution in [3.8, 4) is 11.5 Å². The third-order valence-corrected chi connectivity index (χ3v) is 1.79. The van der Waals surface area contributed by atoms with Gasteiger partial charge in [-0.1, -0.05) is 0 Å². The second kappa shape index (κ2) is 3.45. The van der Waals surface area contributed by atoms with E-state index in [1.807, 2.05) is 0 Å². The van der Waals surface area contributed by atoms with Gasteiger partial charge in [0, 0.05) is 0 Å². The van der Waals surface area contributed by atoms with Crippen LogP contribution in [0.1, 0.15) is 21.1 Å². The van der Waals surface area contributed by atoms with E-state index in [1.54, 1.807) is 0 Å². The number of hydrogen-bond acceptors (Lipinski definition) is 5. The van der Waals surface area contributed by atoms with E-state index in [2.05, 4.69) is 0 Å². The molecule has 0 N–H and O–H groups in total. The minimum atomic E-state index is -1.40. The number of hydrogen-bond donors (Lipinski definition) is 0. The lowest BCUT2D eigenvalue weighted by Gasteiger charge is -1.94. The van der Waals surface area contributed by atoms with Gasteiger partial charge in [-0.25, -0.2) is 0 Å². The molecule has 15 heavy (non-hydrogen) atoms. The molecule has 0 aromatic carbocycles. The number of rotatable bonds is 3. The van der Waals surface area contributed by atoms with E-state index in [1.165, 1.54) is 24.3 Å². The highest BCUT2D eigenvalue weighted by Gasteiger charge is 2.09. The summed E-state index contributed by atoms with van der Waals surface area (Å²) < 4.78 is 9.95. The molecule has 0 saturated heterocycles. The summed E-state index contributed by atoms with van der Waals surface area (Å²) in [5.74, 6) is -0.999. The molecule has 0 unspecified atom stereocenters. The second-order valence-corrected chi connectivity index (χ2v) is 2.77. The van der Waals surface area contributed by atoms with Gasteiger partial charge in [0.1, 0.15) is 11.7 Å². The molecule has 0 spiro atoms. The number of carbonyl (C=O) groups excluding carboxylic acids is 2. The Morgan fingerprint density at radius 2 is 1.80 bits per heavy atom. The molecule has 76 valence electrons. The molecule has 0 aliphatic rings. The Hall–Kier alpha value is -2.30. The van der Waals surface area contributed by atoms with Gasteiger partial charge >= 0.3 is 0 Å². The van der Waals surface area contributed by atoms with Crippen LogP contribution in [0.2, 0.25) is 0 Å². The van der Waals surface area contributed by atoms with E-state index in [-0.39, 0.29) is 17.3 Å². The fourth-order valence-electron chi connectivity index (χ4n) is 1.13. The predicted octanol–water partition coefficient (Wildman–Crippen LogP) is 0.716. The Morgan fingerprint density at radius 3 is 2.33 bits per heavy atom. The molecule has 0 saturated carbocycles. The number of carbonyl (C=O) groups is 2. The van der Waals surface area contributed by atoms with Gasteiger partial charge in [0.2, 0.25) is 0 Å². The van der Waals surface area contributed by atoms with Crippen LogP contribution in [-0.2, 0) is 0 Å². The van der Waals surface area contributed by atoms with E-state index < -0.39 is 5.97 Å². The molecule has 5 nitrogen and oxygen atoms in total. The zero-order chi connectivity index (χ0) is 10.8. The molecule has 0 aliphatic carbocycles. The fourth-order valence-corrected chi connectivity index (χ4v) is 1.13. The summed E-state index contributed by atoms with van der Waals surface area (Å²) in [4.78, 5) is 20.8. The first-order chi connectivity index (χ1) is 7.20. The van der Waals surface area contributed by atoms with E-state index >= 15 is 0 Å².